The van der Waals surface area contributed by atoms with Gasteiger partial charge in [0.1, 0.15) is 5.75 Å². The zero-order valence-electron chi connectivity index (χ0n) is 18.8. The van der Waals surface area contributed by atoms with E-state index in [-0.39, 0.29) is 17.7 Å². The van der Waals surface area contributed by atoms with Gasteiger partial charge in [-0.1, -0.05) is 29.8 Å². The SMILES string of the molecule is CCOC(=O)C1CCN(c2c(C(=O)c3ccc(C)cc3)cnc3ccc(OC)cc23)CC1. The number of pyridine rings is 1. The van der Waals surface area contributed by atoms with Crippen LogP contribution in [-0.2, 0) is 9.53 Å². The van der Waals surface area contributed by atoms with Gasteiger partial charge in [-0.15, -0.1) is 0 Å². The Kier molecular flexibility index (Phi) is 6.40. The first-order valence-corrected chi connectivity index (χ1v) is 11.0. The molecule has 1 aromatic heterocycles. The minimum Gasteiger partial charge on any atom is -0.497 e. The molecule has 3 aromatic rings. The van der Waals surface area contributed by atoms with Crippen molar-refractivity contribution in [3.8, 4) is 5.75 Å². The summed E-state index contributed by atoms with van der Waals surface area (Å²) in [5, 5.41) is 0.872. The molecular weight excluding hydrogens is 404 g/mol. The summed E-state index contributed by atoms with van der Waals surface area (Å²) in [4.78, 5) is 32.5. The number of ketones is 1. The minimum atomic E-state index is -0.135. The van der Waals surface area contributed by atoms with Crippen molar-refractivity contribution in [1.29, 1.82) is 0 Å². The summed E-state index contributed by atoms with van der Waals surface area (Å²) in [5.74, 6) is 0.404. The average molecular weight is 433 g/mol. The first-order chi connectivity index (χ1) is 15.5. The molecule has 0 unspecified atom stereocenters. The minimum absolute atomic E-state index is 0.0651. The van der Waals surface area contributed by atoms with Crippen molar-refractivity contribution in [1.82, 2.24) is 4.98 Å². The number of aryl methyl sites for hydroxylation is 1. The van der Waals surface area contributed by atoms with Crippen LogP contribution in [0.3, 0.4) is 0 Å². The topological polar surface area (TPSA) is 68.7 Å². The molecule has 2 aromatic carbocycles. The summed E-state index contributed by atoms with van der Waals surface area (Å²) < 4.78 is 10.7. The van der Waals surface area contributed by atoms with Crippen LogP contribution < -0.4 is 9.64 Å². The van der Waals surface area contributed by atoms with Gasteiger partial charge in [-0.05, 0) is 44.9 Å². The van der Waals surface area contributed by atoms with Crippen molar-refractivity contribution in [2.24, 2.45) is 5.92 Å². The van der Waals surface area contributed by atoms with Crippen molar-refractivity contribution in [3.63, 3.8) is 0 Å². The molecule has 4 rings (SSSR count). The molecule has 0 atom stereocenters. The molecule has 0 spiro atoms. The average Bonchev–Trinajstić information content (AvgIpc) is 2.83. The Hall–Kier alpha value is -3.41. The lowest BCUT2D eigenvalue weighted by Gasteiger charge is -2.34. The predicted octanol–water partition coefficient (Wildman–Crippen LogP) is 4.56. The second kappa shape index (κ2) is 9.39. The van der Waals surface area contributed by atoms with E-state index in [9.17, 15) is 9.59 Å². The number of carbonyl (C=O) groups is 2. The molecule has 6 nitrogen and oxygen atoms in total. The Labute approximate surface area is 188 Å². The van der Waals surface area contributed by atoms with Crippen LogP contribution in [0, 0.1) is 12.8 Å². The maximum absolute atomic E-state index is 13.5. The van der Waals surface area contributed by atoms with E-state index in [1.165, 1.54) is 0 Å². The van der Waals surface area contributed by atoms with Gasteiger partial charge < -0.3 is 14.4 Å². The largest absolute Gasteiger partial charge is 0.497 e. The van der Waals surface area contributed by atoms with Crippen LogP contribution in [0.15, 0.2) is 48.7 Å². The van der Waals surface area contributed by atoms with E-state index >= 15 is 0 Å². The van der Waals surface area contributed by atoms with Crippen molar-refractivity contribution >= 4 is 28.3 Å². The third-order valence-corrected chi connectivity index (χ3v) is 6.04. The molecule has 2 heterocycles. The second-order valence-corrected chi connectivity index (χ2v) is 8.11. The summed E-state index contributed by atoms with van der Waals surface area (Å²) in [6.45, 7) is 5.54. The van der Waals surface area contributed by atoms with Crippen molar-refractivity contribution < 1.29 is 19.1 Å². The Morgan fingerprint density at radius 3 is 2.47 bits per heavy atom. The third kappa shape index (κ3) is 4.31. The van der Waals surface area contributed by atoms with Gasteiger partial charge in [0.15, 0.2) is 5.78 Å². The fourth-order valence-corrected chi connectivity index (χ4v) is 4.25. The number of nitrogens with zero attached hydrogens (tertiary/aromatic N) is 2. The molecule has 6 heteroatoms. The van der Waals surface area contributed by atoms with Crippen LogP contribution in [0.25, 0.3) is 10.9 Å². The summed E-state index contributed by atoms with van der Waals surface area (Å²) in [6.07, 6.45) is 3.04. The molecule has 0 amide bonds. The summed E-state index contributed by atoms with van der Waals surface area (Å²) in [5.41, 5.74) is 3.94. The molecule has 1 saturated heterocycles. The highest BCUT2D eigenvalue weighted by Gasteiger charge is 2.29. The number of anilines is 1. The van der Waals surface area contributed by atoms with Crippen LogP contribution in [0.2, 0.25) is 0 Å². The number of fused-ring (bicyclic) bond motifs is 1. The number of benzene rings is 2. The number of ether oxygens (including phenoxy) is 2. The number of hydrogen-bond donors (Lipinski definition) is 0. The van der Waals surface area contributed by atoms with Gasteiger partial charge in [0, 0.05) is 30.2 Å². The van der Waals surface area contributed by atoms with Gasteiger partial charge in [0.25, 0.3) is 0 Å². The van der Waals surface area contributed by atoms with Gasteiger partial charge in [0.05, 0.1) is 36.4 Å². The van der Waals surface area contributed by atoms with Crippen LogP contribution in [-0.4, -0.2) is 43.5 Å². The quantitative estimate of drug-likeness (QED) is 0.420. The van der Waals surface area contributed by atoms with Gasteiger partial charge in [-0.3, -0.25) is 14.6 Å². The molecule has 0 radical (unpaired) electrons. The highest BCUT2D eigenvalue weighted by Crippen LogP contribution is 2.36. The maximum atomic E-state index is 13.5. The summed E-state index contributed by atoms with van der Waals surface area (Å²) in [6, 6.07) is 13.3. The van der Waals surface area contributed by atoms with E-state index in [0.29, 0.717) is 49.4 Å². The molecule has 1 fully saturated rings. The number of hydrogen-bond acceptors (Lipinski definition) is 6. The normalized spacial score (nSPS) is 14.4. The molecular formula is C26H28N2O4. The van der Waals surface area contributed by atoms with Crippen molar-refractivity contribution in [2.45, 2.75) is 26.7 Å². The first-order valence-electron chi connectivity index (χ1n) is 11.0. The number of piperidine rings is 1. The van der Waals surface area contributed by atoms with E-state index in [4.69, 9.17) is 9.47 Å². The summed E-state index contributed by atoms with van der Waals surface area (Å²) in [7, 11) is 1.63. The van der Waals surface area contributed by atoms with Crippen molar-refractivity contribution in [3.05, 3.63) is 65.4 Å². The summed E-state index contributed by atoms with van der Waals surface area (Å²) >= 11 is 0. The Morgan fingerprint density at radius 1 is 1.09 bits per heavy atom. The fourth-order valence-electron chi connectivity index (χ4n) is 4.25. The lowest BCUT2D eigenvalue weighted by Crippen LogP contribution is -2.38. The third-order valence-electron chi connectivity index (χ3n) is 6.04. The van der Waals surface area contributed by atoms with Gasteiger partial charge in [0.2, 0.25) is 0 Å². The number of methoxy groups -OCH3 is 1. The van der Waals surface area contributed by atoms with Crippen LogP contribution >= 0.6 is 0 Å². The van der Waals surface area contributed by atoms with Crippen LogP contribution in [0.5, 0.6) is 5.75 Å². The standard InChI is InChI=1S/C26H28N2O4/c1-4-32-26(30)19-11-13-28(14-12-19)24-21-15-20(31-3)9-10-23(21)27-16-22(24)25(29)18-7-5-17(2)6-8-18/h5-10,15-16,19H,4,11-14H2,1-3H3. The van der Waals surface area contributed by atoms with E-state index in [2.05, 4.69) is 9.88 Å². The van der Waals surface area contributed by atoms with E-state index in [1.807, 2.05) is 56.3 Å². The highest BCUT2D eigenvalue weighted by molar-refractivity contribution is 6.16. The number of aromatic nitrogens is 1. The maximum Gasteiger partial charge on any atom is 0.309 e. The Balaban J connectivity index is 1.76. The Bertz CT molecular complexity index is 1130. The second-order valence-electron chi connectivity index (χ2n) is 8.11. The molecule has 1 aliphatic rings. The first kappa shape index (κ1) is 21.8. The smallest absolute Gasteiger partial charge is 0.309 e. The molecule has 1 aliphatic heterocycles. The molecule has 0 aliphatic carbocycles. The predicted molar refractivity (Wildman–Crippen MR) is 124 cm³/mol. The van der Waals surface area contributed by atoms with E-state index in [0.717, 1.165) is 22.2 Å². The van der Waals surface area contributed by atoms with Crippen molar-refractivity contribution in [2.75, 3.05) is 31.7 Å². The molecule has 0 bridgehead atoms. The van der Waals surface area contributed by atoms with Gasteiger partial charge >= 0.3 is 5.97 Å². The van der Waals surface area contributed by atoms with Gasteiger partial charge in [-0.25, -0.2) is 0 Å². The van der Waals surface area contributed by atoms with E-state index in [1.54, 1.807) is 13.3 Å². The number of rotatable bonds is 6. The highest BCUT2D eigenvalue weighted by atomic mass is 16.5. The number of esters is 1. The lowest BCUT2D eigenvalue weighted by molar-refractivity contribution is -0.148. The zero-order chi connectivity index (χ0) is 22.7. The van der Waals surface area contributed by atoms with Gasteiger partial charge in [-0.2, -0.15) is 0 Å². The Morgan fingerprint density at radius 2 is 1.81 bits per heavy atom. The molecule has 166 valence electrons. The zero-order valence-corrected chi connectivity index (χ0v) is 18.8. The van der Waals surface area contributed by atoms with Crippen LogP contribution in [0.4, 0.5) is 5.69 Å². The monoisotopic (exact) mass is 432 g/mol. The van der Waals surface area contributed by atoms with Crippen LogP contribution in [0.1, 0.15) is 41.3 Å². The van der Waals surface area contributed by atoms with E-state index < -0.39 is 0 Å². The molecule has 0 saturated carbocycles. The lowest BCUT2D eigenvalue weighted by atomic mass is 9.94. The molecule has 32 heavy (non-hydrogen) atoms. The number of carbonyl (C=O) groups excluding carboxylic acids is 2. The molecule has 0 N–H and O–H groups in total. The fraction of sp³-hybridized carbons (Fsp3) is 0.346.